The van der Waals surface area contributed by atoms with Gasteiger partial charge in [-0.2, -0.15) is 5.26 Å². The van der Waals surface area contributed by atoms with E-state index in [1.807, 2.05) is 6.07 Å². The van der Waals surface area contributed by atoms with Gasteiger partial charge in [0.25, 0.3) is 0 Å². The minimum absolute atomic E-state index is 0.000806. The molecule has 19 heavy (non-hydrogen) atoms. The fourth-order valence-corrected chi connectivity index (χ4v) is 2.38. The van der Waals surface area contributed by atoms with Gasteiger partial charge in [0, 0.05) is 12.2 Å². The number of carbonyl (C=O) groups is 1. The van der Waals surface area contributed by atoms with Crippen molar-refractivity contribution >= 4 is 23.2 Å². The van der Waals surface area contributed by atoms with Crippen LogP contribution in [0.4, 0.5) is 10.1 Å². The number of anilines is 1. The van der Waals surface area contributed by atoms with Crippen LogP contribution in [0.1, 0.15) is 6.42 Å². The molecule has 1 heterocycles. The number of hydrogen-bond acceptors (Lipinski definition) is 3. The molecule has 100 valence electrons. The van der Waals surface area contributed by atoms with Gasteiger partial charge in [0.15, 0.2) is 0 Å². The highest BCUT2D eigenvalue weighted by Gasteiger charge is 2.35. The first-order chi connectivity index (χ1) is 9.04. The molecule has 1 aromatic rings. The van der Waals surface area contributed by atoms with Gasteiger partial charge in [0.2, 0.25) is 5.91 Å². The first-order valence-electron chi connectivity index (χ1n) is 5.88. The first kappa shape index (κ1) is 13.8. The second kappa shape index (κ2) is 5.55. The van der Waals surface area contributed by atoms with E-state index in [4.69, 9.17) is 16.9 Å². The molecule has 6 heteroatoms. The van der Waals surface area contributed by atoms with Crippen LogP contribution >= 0.6 is 11.6 Å². The molecule has 2 rings (SSSR count). The van der Waals surface area contributed by atoms with Gasteiger partial charge in [-0.15, -0.1) is 0 Å². The molecule has 1 aromatic carbocycles. The second-order valence-electron chi connectivity index (χ2n) is 4.47. The van der Waals surface area contributed by atoms with Gasteiger partial charge in [-0.05, 0) is 31.7 Å². The Morgan fingerprint density at radius 3 is 3.00 bits per heavy atom. The number of nitriles is 1. The Bertz CT molecular complexity index is 543. The van der Waals surface area contributed by atoms with Crippen LogP contribution in [0.25, 0.3) is 0 Å². The van der Waals surface area contributed by atoms with Crippen molar-refractivity contribution in [2.75, 3.05) is 25.0 Å². The molecule has 1 atom stereocenters. The van der Waals surface area contributed by atoms with Gasteiger partial charge in [-0.1, -0.05) is 11.6 Å². The van der Waals surface area contributed by atoms with E-state index < -0.39 is 5.82 Å². The van der Waals surface area contributed by atoms with Crippen LogP contribution in [0.3, 0.4) is 0 Å². The molecular formula is C13H13ClFN3O. The van der Waals surface area contributed by atoms with Crippen molar-refractivity contribution in [3.8, 4) is 6.07 Å². The standard InChI is InChI=1S/C13H13ClFN3O/c1-17(7-5-16)12-4-6-18(13(12)19)9-2-3-11(15)10(14)8-9/h2-3,8,12H,4,6-7H2,1H3/t12-/m0/s1. The summed E-state index contributed by atoms with van der Waals surface area (Å²) in [6.45, 7) is 0.746. The first-order valence-corrected chi connectivity index (χ1v) is 6.26. The van der Waals surface area contributed by atoms with Crippen molar-refractivity contribution in [3.63, 3.8) is 0 Å². The third kappa shape index (κ3) is 2.70. The minimum Gasteiger partial charge on any atom is -0.311 e. The van der Waals surface area contributed by atoms with Gasteiger partial charge in [0.05, 0.1) is 23.7 Å². The van der Waals surface area contributed by atoms with Gasteiger partial charge < -0.3 is 4.90 Å². The van der Waals surface area contributed by atoms with Crippen LogP contribution in [-0.4, -0.2) is 37.0 Å². The van der Waals surface area contributed by atoms with E-state index >= 15 is 0 Å². The zero-order valence-corrected chi connectivity index (χ0v) is 11.2. The fourth-order valence-electron chi connectivity index (χ4n) is 2.20. The summed E-state index contributed by atoms with van der Waals surface area (Å²) in [5, 5.41) is 8.66. The summed E-state index contributed by atoms with van der Waals surface area (Å²) < 4.78 is 13.1. The summed E-state index contributed by atoms with van der Waals surface area (Å²) in [4.78, 5) is 15.5. The highest BCUT2D eigenvalue weighted by molar-refractivity contribution is 6.31. The van der Waals surface area contributed by atoms with Gasteiger partial charge in [-0.25, -0.2) is 4.39 Å². The molecule has 1 saturated heterocycles. The maximum Gasteiger partial charge on any atom is 0.244 e. The Hall–Kier alpha value is -1.64. The van der Waals surface area contributed by atoms with Gasteiger partial charge in [0.1, 0.15) is 5.82 Å². The van der Waals surface area contributed by atoms with Crippen LogP contribution in [-0.2, 0) is 4.79 Å². The molecule has 0 radical (unpaired) electrons. The fraction of sp³-hybridized carbons (Fsp3) is 0.385. The molecule has 1 aliphatic rings. The molecular weight excluding hydrogens is 269 g/mol. The molecule has 1 amide bonds. The predicted octanol–water partition coefficient (Wildman–Crippen LogP) is 2.04. The van der Waals surface area contributed by atoms with Crippen LogP contribution in [0.5, 0.6) is 0 Å². The lowest BCUT2D eigenvalue weighted by Gasteiger charge is -2.21. The normalized spacial score (nSPS) is 19.0. The molecule has 0 aromatic heterocycles. The van der Waals surface area contributed by atoms with Crippen molar-refractivity contribution < 1.29 is 9.18 Å². The zero-order valence-electron chi connectivity index (χ0n) is 10.4. The number of benzene rings is 1. The van der Waals surface area contributed by atoms with Crippen molar-refractivity contribution in [1.29, 1.82) is 5.26 Å². The van der Waals surface area contributed by atoms with E-state index in [0.29, 0.717) is 18.7 Å². The van der Waals surface area contributed by atoms with Crippen LogP contribution in [0.2, 0.25) is 5.02 Å². The lowest BCUT2D eigenvalue weighted by molar-refractivity contribution is -0.121. The lowest BCUT2D eigenvalue weighted by Crippen LogP contribution is -2.39. The SMILES string of the molecule is CN(CC#N)[C@H]1CCN(c2ccc(F)c(Cl)c2)C1=O. The average Bonchev–Trinajstić information content (AvgIpc) is 2.75. The minimum atomic E-state index is -0.504. The number of hydrogen-bond donors (Lipinski definition) is 0. The Morgan fingerprint density at radius 2 is 2.37 bits per heavy atom. The average molecular weight is 282 g/mol. The van der Waals surface area contributed by atoms with E-state index in [1.165, 1.54) is 18.2 Å². The Balaban J connectivity index is 2.17. The summed E-state index contributed by atoms with van der Waals surface area (Å²) in [5.74, 6) is -0.587. The van der Waals surface area contributed by atoms with Crippen molar-refractivity contribution in [2.45, 2.75) is 12.5 Å². The third-order valence-electron chi connectivity index (χ3n) is 3.24. The second-order valence-corrected chi connectivity index (χ2v) is 4.87. The van der Waals surface area contributed by atoms with Crippen LogP contribution in [0.15, 0.2) is 18.2 Å². The van der Waals surface area contributed by atoms with Crippen LogP contribution < -0.4 is 4.90 Å². The van der Waals surface area contributed by atoms with E-state index in [9.17, 15) is 9.18 Å². The summed E-state index contributed by atoms with van der Waals surface area (Å²) >= 11 is 5.72. The van der Waals surface area contributed by atoms with Crippen LogP contribution in [0, 0.1) is 17.1 Å². The van der Waals surface area contributed by atoms with Crippen molar-refractivity contribution in [3.05, 3.63) is 29.0 Å². The number of nitrogens with zero attached hydrogens (tertiary/aromatic N) is 3. The predicted molar refractivity (Wildman–Crippen MR) is 70.4 cm³/mol. The number of rotatable bonds is 3. The summed E-state index contributed by atoms with van der Waals surface area (Å²) in [7, 11) is 1.74. The van der Waals surface area contributed by atoms with E-state index in [0.717, 1.165) is 0 Å². The molecule has 0 N–H and O–H groups in total. The van der Waals surface area contributed by atoms with Gasteiger partial charge >= 0.3 is 0 Å². The maximum atomic E-state index is 13.1. The van der Waals surface area contributed by atoms with Crippen molar-refractivity contribution in [2.24, 2.45) is 0 Å². The highest BCUT2D eigenvalue weighted by atomic mass is 35.5. The monoisotopic (exact) mass is 281 g/mol. The number of amides is 1. The molecule has 1 fully saturated rings. The van der Waals surface area contributed by atoms with E-state index in [2.05, 4.69) is 0 Å². The molecule has 1 aliphatic heterocycles. The maximum absolute atomic E-state index is 13.1. The molecule has 0 saturated carbocycles. The summed E-state index contributed by atoms with van der Waals surface area (Å²) in [6.07, 6.45) is 0.645. The number of halogens is 2. The summed E-state index contributed by atoms with van der Waals surface area (Å²) in [5.41, 5.74) is 0.587. The quantitative estimate of drug-likeness (QED) is 0.797. The Labute approximate surface area is 116 Å². The Kier molecular flexibility index (Phi) is 4.03. The molecule has 0 unspecified atom stereocenters. The Morgan fingerprint density at radius 1 is 1.63 bits per heavy atom. The largest absolute Gasteiger partial charge is 0.311 e. The highest BCUT2D eigenvalue weighted by Crippen LogP contribution is 2.27. The topological polar surface area (TPSA) is 47.3 Å². The van der Waals surface area contributed by atoms with E-state index in [1.54, 1.807) is 16.8 Å². The summed E-state index contributed by atoms with van der Waals surface area (Å²) in [6, 6.07) is 5.94. The van der Waals surface area contributed by atoms with Gasteiger partial charge in [-0.3, -0.25) is 9.69 Å². The molecule has 0 spiro atoms. The molecule has 0 bridgehead atoms. The third-order valence-corrected chi connectivity index (χ3v) is 3.53. The molecule has 4 nitrogen and oxygen atoms in total. The van der Waals surface area contributed by atoms with E-state index in [-0.39, 0.29) is 23.5 Å². The molecule has 0 aliphatic carbocycles. The zero-order chi connectivity index (χ0) is 14.0. The number of likely N-dealkylation sites (N-methyl/N-ethyl adjacent to an activating group) is 1. The lowest BCUT2D eigenvalue weighted by atomic mass is 10.2. The smallest absolute Gasteiger partial charge is 0.244 e. The number of carbonyl (C=O) groups excluding carboxylic acids is 1. The van der Waals surface area contributed by atoms with Crippen molar-refractivity contribution in [1.82, 2.24) is 4.90 Å².